The molecule has 1 fully saturated rings. The standard InChI is InChI=1S/C13H22N2O3/c1-5-11(14-18-6-2)13-10(8-16)7-12(9(3)17)15(13)4/h2,10-14,16H,5,7-8H2,1,3-4H3. The number of ketones is 1. The lowest BCUT2D eigenvalue weighted by Crippen LogP contribution is -2.50. The van der Waals surface area contributed by atoms with E-state index in [9.17, 15) is 9.90 Å². The average molecular weight is 254 g/mol. The summed E-state index contributed by atoms with van der Waals surface area (Å²) >= 11 is 0. The molecule has 0 amide bonds. The maximum Gasteiger partial charge on any atom is 0.146 e. The van der Waals surface area contributed by atoms with Crippen LogP contribution in [0, 0.1) is 18.4 Å². The smallest absolute Gasteiger partial charge is 0.146 e. The molecule has 0 spiro atoms. The van der Waals surface area contributed by atoms with Crippen molar-refractivity contribution in [3.63, 3.8) is 0 Å². The van der Waals surface area contributed by atoms with Crippen LogP contribution in [0.5, 0.6) is 0 Å². The molecule has 102 valence electrons. The Kier molecular flexibility index (Phi) is 5.60. The molecule has 1 rings (SSSR count). The second-order valence-electron chi connectivity index (χ2n) is 4.81. The van der Waals surface area contributed by atoms with Crippen LogP contribution >= 0.6 is 0 Å². The SMILES string of the molecule is C#CONC(CC)C1C(CO)CC(C(C)=O)N1C. The first kappa shape index (κ1) is 15.0. The normalized spacial score (nSPS) is 29.8. The van der Waals surface area contributed by atoms with Gasteiger partial charge in [-0.15, -0.1) is 5.48 Å². The number of likely N-dealkylation sites (tertiary alicyclic amines) is 1. The van der Waals surface area contributed by atoms with Crippen LogP contribution in [0.4, 0.5) is 0 Å². The minimum Gasteiger partial charge on any atom is -0.396 e. The number of nitrogens with zero attached hydrogens (tertiary/aromatic N) is 1. The number of Topliss-reactive ketones (excluding diaryl/α,β-unsaturated/α-hetero) is 1. The van der Waals surface area contributed by atoms with Gasteiger partial charge in [-0.05, 0) is 26.8 Å². The van der Waals surface area contributed by atoms with E-state index in [0.29, 0.717) is 6.42 Å². The summed E-state index contributed by atoms with van der Waals surface area (Å²) in [6, 6.07) is -0.0939. The highest BCUT2D eigenvalue weighted by Gasteiger charge is 2.44. The van der Waals surface area contributed by atoms with E-state index in [2.05, 4.69) is 11.6 Å². The number of hydrogen-bond donors (Lipinski definition) is 2. The summed E-state index contributed by atoms with van der Waals surface area (Å²) in [4.78, 5) is 18.4. The molecule has 18 heavy (non-hydrogen) atoms. The fraction of sp³-hybridized carbons (Fsp3) is 0.769. The fourth-order valence-electron chi connectivity index (χ4n) is 2.88. The van der Waals surface area contributed by atoms with Gasteiger partial charge >= 0.3 is 0 Å². The Morgan fingerprint density at radius 3 is 2.83 bits per heavy atom. The molecule has 1 aliphatic heterocycles. The van der Waals surface area contributed by atoms with Crippen molar-refractivity contribution in [1.82, 2.24) is 10.4 Å². The fourth-order valence-corrected chi connectivity index (χ4v) is 2.88. The van der Waals surface area contributed by atoms with Gasteiger partial charge in [0.1, 0.15) is 11.9 Å². The summed E-state index contributed by atoms with van der Waals surface area (Å²) in [5.41, 5.74) is 2.82. The number of carbonyl (C=O) groups is 1. The second-order valence-corrected chi connectivity index (χ2v) is 4.81. The zero-order valence-corrected chi connectivity index (χ0v) is 11.2. The van der Waals surface area contributed by atoms with Crippen molar-refractivity contribution in [2.24, 2.45) is 5.92 Å². The predicted octanol–water partition coefficient (Wildman–Crippen LogP) is 0.147. The average Bonchev–Trinajstić information content (AvgIpc) is 2.68. The van der Waals surface area contributed by atoms with Gasteiger partial charge in [0.15, 0.2) is 0 Å². The minimum atomic E-state index is -0.131. The third kappa shape index (κ3) is 3.02. The zero-order chi connectivity index (χ0) is 13.7. The lowest BCUT2D eigenvalue weighted by Gasteiger charge is -2.32. The van der Waals surface area contributed by atoms with Gasteiger partial charge in [0.2, 0.25) is 0 Å². The van der Waals surface area contributed by atoms with Gasteiger partial charge in [0.05, 0.1) is 12.1 Å². The van der Waals surface area contributed by atoms with Crippen molar-refractivity contribution >= 4 is 5.78 Å². The first-order valence-corrected chi connectivity index (χ1v) is 6.27. The highest BCUT2D eigenvalue weighted by molar-refractivity contribution is 5.81. The summed E-state index contributed by atoms with van der Waals surface area (Å²) < 4.78 is 0. The van der Waals surface area contributed by atoms with Gasteiger partial charge in [0.25, 0.3) is 0 Å². The number of hydrogen-bond acceptors (Lipinski definition) is 5. The maximum absolute atomic E-state index is 11.6. The highest BCUT2D eigenvalue weighted by atomic mass is 16.6. The Hall–Kier alpha value is -1.09. The van der Waals surface area contributed by atoms with Gasteiger partial charge in [-0.3, -0.25) is 9.69 Å². The minimum absolute atomic E-state index is 0.00690. The van der Waals surface area contributed by atoms with Crippen LogP contribution < -0.4 is 5.48 Å². The molecule has 5 heteroatoms. The molecule has 1 aliphatic rings. The van der Waals surface area contributed by atoms with Crippen LogP contribution in [0.15, 0.2) is 0 Å². The van der Waals surface area contributed by atoms with Crippen LogP contribution in [0.2, 0.25) is 0 Å². The molecule has 5 nitrogen and oxygen atoms in total. The maximum atomic E-state index is 11.6. The lowest BCUT2D eigenvalue weighted by molar-refractivity contribution is -0.121. The molecule has 0 aromatic heterocycles. The molecule has 0 aromatic rings. The van der Waals surface area contributed by atoms with E-state index in [1.54, 1.807) is 6.92 Å². The van der Waals surface area contributed by atoms with E-state index in [4.69, 9.17) is 11.3 Å². The molecule has 0 bridgehead atoms. The topological polar surface area (TPSA) is 61.8 Å². The number of aliphatic hydroxyl groups excluding tert-OH is 1. The second kappa shape index (κ2) is 6.74. The summed E-state index contributed by atoms with van der Waals surface area (Å²) in [7, 11) is 1.91. The molecular weight excluding hydrogens is 232 g/mol. The van der Waals surface area contributed by atoms with Gasteiger partial charge in [0, 0.05) is 18.6 Å². The van der Waals surface area contributed by atoms with Crippen molar-refractivity contribution in [2.45, 2.75) is 44.8 Å². The third-order valence-electron chi connectivity index (χ3n) is 3.80. The molecule has 1 heterocycles. The third-order valence-corrected chi connectivity index (χ3v) is 3.80. The van der Waals surface area contributed by atoms with Crippen molar-refractivity contribution < 1.29 is 14.7 Å². The van der Waals surface area contributed by atoms with Crippen LogP contribution in [0.1, 0.15) is 26.7 Å². The molecular formula is C13H22N2O3. The van der Waals surface area contributed by atoms with Gasteiger partial charge in [-0.25, -0.2) is 0 Å². The van der Waals surface area contributed by atoms with Crippen LogP contribution in [-0.2, 0) is 9.63 Å². The molecule has 0 radical (unpaired) electrons. The van der Waals surface area contributed by atoms with Crippen LogP contribution in [0.25, 0.3) is 0 Å². The van der Waals surface area contributed by atoms with E-state index in [1.807, 2.05) is 18.9 Å². The summed E-state index contributed by atoms with van der Waals surface area (Å²) in [5.74, 6) is 0.189. The summed E-state index contributed by atoms with van der Waals surface area (Å²) in [5, 5.41) is 9.48. The molecule has 1 saturated heterocycles. The largest absolute Gasteiger partial charge is 0.396 e. The Balaban J connectivity index is 2.82. The Labute approximate surface area is 108 Å². The number of carbonyl (C=O) groups excluding carboxylic acids is 1. The quantitative estimate of drug-likeness (QED) is 0.522. The van der Waals surface area contributed by atoms with Crippen molar-refractivity contribution in [3.8, 4) is 12.5 Å². The van der Waals surface area contributed by atoms with E-state index in [0.717, 1.165) is 6.42 Å². The summed E-state index contributed by atoms with van der Waals surface area (Å²) in [6.07, 6.45) is 8.62. The molecule has 4 unspecified atom stereocenters. The molecule has 0 aromatic carbocycles. The number of aliphatic hydroxyl groups is 1. The first-order chi connectivity index (χ1) is 8.56. The van der Waals surface area contributed by atoms with Gasteiger partial charge < -0.3 is 9.94 Å². The first-order valence-electron chi connectivity index (χ1n) is 6.27. The van der Waals surface area contributed by atoms with E-state index >= 15 is 0 Å². The number of hydroxylamine groups is 1. The van der Waals surface area contributed by atoms with Crippen molar-refractivity contribution in [1.29, 1.82) is 0 Å². The monoisotopic (exact) mass is 254 g/mol. The number of rotatable bonds is 6. The molecule has 0 saturated carbocycles. The van der Waals surface area contributed by atoms with Gasteiger partial charge in [-0.1, -0.05) is 13.3 Å². The highest BCUT2D eigenvalue weighted by Crippen LogP contribution is 2.31. The zero-order valence-electron chi connectivity index (χ0n) is 11.2. The van der Waals surface area contributed by atoms with Crippen molar-refractivity contribution in [3.05, 3.63) is 0 Å². The summed E-state index contributed by atoms with van der Waals surface area (Å²) in [6.45, 7) is 3.66. The Bertz CT molecular complexity index is 327. The predicted molar refractivity (Wildman–Crippen MR) is 68.3 cm³/mol. The number of nitrogens with one attached hydrogen (secondary N) is 1. The van der Waals surface area contributed by atoms with Crippen LogP contribution in [0.3, 0.4) is 0 Å². The number of terminal acetylenes is 1. The number of likely N-dealkylation sites (N-methyl/N-ethyl adjacent to an activating group) is 1. The van der Waals surface area contributed by atoms with Crippen LogP contribution in [-0.4, -0.2) is 47.6 Å². The Morgan fingerprint density at radius 2 is 2.39 bits per heavy atom. The van der Waals surface area contributed by atoms with Crippen molar-refractivity contribution in [2.75, 3.05) is 13.7 Å². The molecule has 0 aliphatic carbocycles. The van der Waals surface area contributed by atoms with Gasteiger partial charge in [-0.2, -0.15) is 0 Å². The van der Waals surface area contributed by atoms with E-state index < -0.39 is 0 Å². The molecule has 4 atom stereocenters. The lowest BCUT2D eigenvalue weighted by atomic mass is 9.93. The molecule has 2 N–H and O–H groups in total. The van der Waals surface area contributed by atoms with E-state index in [-0.39, 0.29) is 36.4 Å². The Morgan fingerprint density at radius 1 is 1.72 bits per heavy atom. The van der Waals surface area contributed by atoms with E-state index in [1.165, 1.54) is 0 Å².